The molecule has 0 saturated carbocycles. The van der Waals surface area contributed by atoms with Gasteiger partial charge in [-0.2, -0.15) is 0 Å². The van der Waals surface area contributed by atoms with Gasteiger partial charge in [0.2, 0.25) is 5.79 Å². The molecular weight excluding hydrogens is 588 g/mol. The molecule has 4 aliphatic rings. The fourth-order valence-electron chi connectivity index (χ4n) is 6.60. The fourth-order valence-corrected chi connectivity index (χ4v) is 6.60. The second-order valence-electron chi connectivity index (χ2n) is 13.2. The maximum absolute atomic E-state index is 12.9. The normalized spacial score (nSPS) is 38.8. The van der Waals surface area contributed by atoms with Crippen LogP contribution in [0.5, 0.6) is 0 Å². The summed E-state index contributed by atoms with van der Waals surface area (Å²) in [5.74, 6) is -3.21. The van der Waals surface area contributed by atoms with Gasteiger partial charge in [0.1, 0.15) is 12.2 Å². The van der Waals surface area contributed by atoms with E-state index in [9.17, 15) is 24.9 Å². The van der Waals surface area contributed by atoms with Crippen molar-refractivity contribution in [2.24, 2.45) is 5.41 Å². The van der Waals surface area contributed by atoms with Crippen LogP contribution in [0.3, 0.4) is 0 Å². The number of cyclic esters (lactones) is 1. The number of hydrogen-bond donors (Lipinski definition) is 3. The van der Waals surface area contributed by atoms with Crippen LogP contribution in [0.1, 0.15) is 85.5 Å². The van der Waals surface area contributed by atoms with E-state index in [0.717, 1.165) is 19.3 Å². The summed E-state index contributed by atoms with van der Waals surface area (Å²) in [4.78, 5) is 25.4. The molecule has 12 heteroatoms. The zero-order valence-electron chi connectivity index (χ0n) is 27.2. The molecule has 0 aliphatic carbocycles. The number of carbonyl (C=O) groups excluding carboxylic acids is 2. The molecule has 0 radical (unpaired) electrons. The number of aliphatic hydroxyl groups excluding tert-OH is 2. The van der Waals surface area contributed by atoms with Gasteiger partial charge >= 0.3 is 11.9 Å². The van der Waals surface area contributed by atoms with Crippen LogP contribution < -0.4 is 0 Å². The first-order valence-corrected chi connectivity index (χ1v) is 16.3. The van der Waals surface area contributed by atoms with Gasteiger partial charge < -0.3 is 48.5 Å². The topological polar surface area (TPSA) is 159 Å². The predicted octanol–water partition coefficient (Wildman–Crippen LogP) is 2.85. The van der Waals surface area contributed by atoms with Gasteiger partial charge in [-0.25, -0.2) is 0 Å². The minimum atomic E-state index is -2.01. The predicted molar refractivity (Wildman–Crippen MR) is 161 cm³/mol. The smallest absolute Gasteiger partial charge is 0.309 e. The van der Waals surface area contributed by atoms with Crippen molar-refractivity contribution in [1.82, 2.24) is 0 Å². The first kappa shape index (κ1) is 35.9. The van der Waals surface area contributed by atoms with Crippen LogP contribution in [-0.4, -0.2) is 108 Å². The lowest BCUT2D eigenvalue weighted by Gasteiger charge is -2.50. The third-order valence-corrected chi connectivity index (χ3v) is 9.16. The molecule has 0 aromatic heterocycles. The molecule has 0 aromatic rings. The van der Waals surface area contributed by atoms with Crippen LogP contribution in [0.2, 0.25) is 0 Å². The Morgan fingerprint density at radius 3 is 2.51 bits per heavy atom. The number of hydrogen-bond acceptors (Lipinski definition) is 12. The number of rotatable bonds is 5. The average molecular weight is 641 g/mol. The third-order valence-electron chi connectivity index (χ3n) is 9.16. The Morgan fingerprint density at radius 1 is 1.11 bits per heavy atom. The molecular formula is C33H52O12. The molecule has 2 saturated heterocycles. The number of aliphatic hydroxyl groups is 3. The second kappa shape index (κ2) is 15.8. The van der Waals surface area contributed by atoms with Crippen LogP contribution in [-0.2, 0) is 42.7 Å². The Labute approximate surface area is 266 Å². The minimum absolute atomic E-state index is 0.0327. The van der Waals surface area contributed by atoms with E-state index in [4.69, 9.17) is 33.2 Å². The lowest BCUT2D eigenvalue weighted by atomic mass is 9.75. The summed E-state index contributed by atoms with van der Waals surface area (Å²) in [6, 6.07) is 0. The van der Waals surface area contributed by atoms with Gasteiger partial charge in [-0.3, -0.25) is 9.59 Å². The van der Waals surface area contributed by atoms with Crippen LogP contribution in [0, 0.1) is 5.41 Å². The van der Waals surface area contributed by atoms with Crippen molar-refractivity contribution in [3.63, 3.8) is 0 Å². The fraction of sp³-hybridized carbons (Fsp3) is 0.818. The molecule has 45 heavy (non-hydrogen) atoms. The van der Waals surface area contributed by atoms with E-state index >= 15 is 0 Å². The first-order valence-electron chi connectivity index (χ1n) is 16.3. The summed E-state index contributed by atoms with van der Waals surface area (Å²) >= 11 is 0. The van der Waals surface area contributed by atoms with Crippen LogP contribution >= 0.6 is 0 Å². The monoisotopic (exact) mass is 640 g/mol. The van der Waals surface area contributed by atoms with E-state index in [-0.39, 0.29) is 50.6 Å². The Balaban J connectivity index is 1.70. The van der Waals surface area contributed by atoms with E-state index in [1.165, 1.54) is 14.0 Å². The second-order valence-corrected chi connectivity index (χ2v) is 13.2. The molecule has 2 fully saturated rings. The Hall–Kier alpha value is -1.90. The van der Waals surface area contributed by atoms with Crippen molar-refractivity contribution in [3.05, 3.63) is 23.8 Å². The van der Waals surface area contributed by atoms with Gasteiger partial charge in [0.05, 0.1) is 63.2 Å². The number of carbonyl (C=O) groups is 2. The maximum atomic E-state index is 12.9. The van der Waals surface area contributed by atoms with Crippen molar-refractivity contribution in [3.8, 4) is 0 Å². The molecule has 4 aliphatic heterocycles. The van der Waals surface area contributed by atoms with E-state index in [1.54, 1.807) is 39.0 Å². The van der Waals surface area contributed by atoms with Crippen LogP contribution in [0.15, 0.2) is 23.8 Å². The number of ether oxygens (including phenoxy) is 7. The van der Waals surface area contributed by atoms with Crippen molar-refractivity contribution < 1.29 is 58.1 Å². The van der Waals surface area contributed by atoms with Gasteiger partial charge in [-0.15, -0.1) is 0 Å². The lowest BCUT2D eigenvalue weighted by molar-refractivity contribution is -0.319. The van der Waals surface area contributed by atoms with Gasteiger partial charge in [0.15, 0.2) is 6.29 Å². The van der Waals surface area contributed by atoms with Gasteiger partial charge in [-0.1, -0.05) is 26.0 Å². The highest BCUT2D eigenvalue weighted by atomic mass is 16.7. The highest BCUT2D eigenvalue weighted by Crippen LogP contribution is 2.45. The largest absolute Gasteiger partial charge is 0.469 e. The average Bonchev–Trinajstić information content (AvgIpc) is 2.97. The zero-order chi connectivity index (χ0) is 32.8. The molecule has 6 bridgehead atoms. The van der Waals surface area contributed by atoms with Crippen molar-refractivity contribution in [2.45, 2.75) is 146 Å². The standard InChI is InChI=1S/C33H52O12/c1-6-40-31-21(15-28(36)39-5)14-26-19-27(20(2)34)44-29(37)17-22(35)16-23-8-7-9-24(42-23)18-25-11-13-41-30(43-25)10-12-32(3,4)33(31,38)45-26/h10,12,14,20,22-27,30-31,34-35,38H,6-9,11,13,15-19H2,1-5H3/t20-,22-,23+,24-,25+,26+,27-,30+,31+,33-/m1/s1. The molecule has 4 rings (SSSR count). The number of fused-ring (bicyclic) bond motifs is 6. The van der Waals surface area contributed by atoms with Crippen LogP contribution in [0.4, 0.5) is 0 Å². The minimum Gasteiger partial charge on any atom is -0.469 e. The SMILES string of the molecule is CCO[C@H]1C(CC(=O)OC)=C[C@H]2C[C@H]([C@@H](C)O)OC(=O)C[C@H](O)C[C@@H]3CCC[C@H](C[C@@H]4CCO[C@H](C=CC(C)(C)[C@]1(O)O2)O4)O3. The van der Waals surface area contributed by atoms with E-state index in [0.29, 0.717) is 25.0 Å². The highest BCUT2D eigenvalue weighted by molar-refractivity contribution is 5.73. The van der Waals surface area contributed by atoms with E-state index in [2.05, 4.69) is 0 Å². The van der Waals surface area contributed by atoms with Crippen molar-refractivity contribution in [2.75, 3.05) is 20.3 Å². The van der Waals surface area contributed by atoms with Gasteiger partial charge in [0.25, 0.3) is 0 Å². The Morgan fingerprint density at radius 2 is 1.82 bits per heavy atom. The summed E-state index contributed by atoms with van der Waals surface area (Å²) in [6.45, 7) is 7.54. The molecule has 256 valence electrons. The number of esters is 2. The summed E-state index contributed by atoms with van der Waals surface area (Å²) < 4.78 is 41.5. The maximum Gasteiger partial charge on any atom is 0.309 e. The molecule has 12 nitrogen and oxygen atoms in total. The van der Waals surface area contributed by atoms with Crippen molar-refractivity contribution in [1.29, 1.82) is 0 Å². The molecule has 0 spiro atoms. The van der Waals surface area contributed by atoms with E-state index in [1.807, 2.05) is 0 Å². The van der Waals surface area contributed by atoms with Gasteiger partial charge in [-0.05, 0) is 57.6 Å². The molecule has 4 heterocycles. The molecule has 0 aromatic carbocycles. The number of methoxy groups -OCH3 is 1. The Kier molecular flexibility index (Phi) is 12.6. The quantitative estimate of drug-likeness (QED) is 0.298. The third kappa shape index (κ3) is 9.35. The van der Waals surface area contributed by atoms with Gasteiger partial charge in [0, 0.05) is 24.9 Å². The summed E-state index contributed by atoms with van der Waals surface area (Å²) in [7, 11) is 1.28. The first-order chi connectivity index (χ1) is 21.3. The van der Waals surface area contributed by atoms with Crippen molar-refractivity contribution >= 4 is 11.9 Å². The van der Waals surface area contributed by atoms with E-state index < -0.39 is 60.0 Å². The zero-order valence-corrected chi connectivity index (χ0v) is 27.2. The Bertz CT molecular complexity index is 1060. The molecule has 0 unspecified atom stereocenters. The summed E-state index contributed by atoms with van der Waals surface area (Å²) in [5.41, 5.74) is -0.684. The summed E-state index contributed by atoms with van der Waals surface area (Å²) in [5, 5.41) is 33.7. The summed E-state index contributed by atoms with van der Waals surface area (Å²) in [6.07, 6.45) is 2.97. The highest BCUT2D eigenvalue weighted by Gasteiger charge is 2.55. The lowest BCUT2D eigenvalue weighted by Crippen LogP contribution is -2.61. The van der Waals surface area contributed by atoms with Crippen LogP contribution in [0.25, 0.3) is 0 Å². The molecule has 0 amide bonds. The molecule has 10 atom stereocenters. The molecule has 3 N–H and O–H groups in total.